The summed E-state index contributed by atoms with van der Waals surface area (Å²) in [6.07, 6.45) is 1.84. The lowest BCUT2D eigenvalue weighted by Crippen LogP contribution is -2.48. The first-order chi connectivity index (χ1) is 14.8. The molecule has 1 atom stereocenters. The summed E-state index contributed by atoms with van der Waals surface area (Å²) in [5.41, 5.74) is 1.12. The van der Waals surface area contributed by atoms with Crippen molar-refractivity contribution in [2.45, 2.75) is 45.0 Å². The van der Waals surface area contributed by atoms with Crippen molar-refractivity contribution in [1.82, 2.24) is 10.2 Å². The first-order valence-electron chi connectivity index (χ1n) is 10.2. The number of hydrogen-bond donors (Lipinski definition) is 1. The van der Waals surface area contributed by atoms with Gasteiger partial charge in [-0.25, -0.2) is 4.39 Å². The van der Waals surface area contributed by atoms with Gasteiger partial charge >= 0.3 is 0 Å². The van der Waals surface area contributed by atoms with Gasteiger partial charge in [-0.1, -0.05) is 60.8 Å². The minimum absolute atomic E-state index is 0.0850. The fourth-order valence-electron chi connectivity index (χ4n) is 2.92. The smallest absolute Gasteiger partial charge is 0.242 e. The lowest BCUT2D eigenvalue weighted by atomic mass is 10.1. The van der Waals surface area contributed by atoms with E-state index in [1.165, 1.54) is 22.7 Å². The van der Waals surface area contributed by atoms with Crippen molar-refractivity contribution in [2.24, 2.45) is 0 Å². The fourth-order valence-corrected chi connectivity index (χ4v) is 4.37. The number of unbranched alkanes of at least 4 members (excludes halogenated alkanes) is 1. The zero-order valence-electron chi connectivity index (χ0n) is 17.7. The Balaban J connectivity index is 2.09. The van der Waals surface area contributed by atoms with Crippen LogP contribution in [0.25, 0.3) is 0 Å². The highest BCUT2D eigenvalue weighted by Crippen LogP contribution is 2.25. The predicted octanol–water partition coefficient (Wildman–Crippen LogP) is 5.70. The van der Waals surface area contributed by atoms with Crippen molar-refractivity contribution in [3.63, 3.8) is 0 Å². The summed E-state index contributed by atoms with van der Waals surface area (Å²) in [4.78, 5) is 27.2. The molecular formula is C23H27Cl2FN2O2S. The SMILES string of the molecule is CCCCNC(=O)[C@H](C)N(Cc1ccccc1Cl)C(=O)CSCc1c(F)cccc1Cl. The minimum Gasteiger partial charge on any atom is -0.354 e. The van der Waals surface area contributed by atoms with Gasteiger partial charge in [-0.05, 0) is 37.1 Å². The van der Waals surface area contributed by atoms with Crippen LogP contribution in [0.15, 0.2) is 42.5 Å². The molecule has 0 bridgehead atoms. The Kier molecular flexibility index (Phi) is 10.6. The van der Waals surface area contributed by atoms with Crippen molar-refractivity contribution in [3.8, 4) is 0 Å². The van der Waals surface area contributed by atoms with E-state index in [1.807, 2.05) is 25.1 Å². The molecule has 168 valence electrons. The van der Waals surface area contributed by atoms with E-state index in [4.69, 9.17) is 23.2 Å². The van der Waals surface area contributed by atoms with Crippen LogP contribution in [0.2, 0.25) is 10.0 Å². The van der Waals surface area contributed by atoms with Gasteiger partial charge in [-0.2, -0.15) is 0 Å². The molecule has 0 unspecified atom stereocenters. The maximum Gasteiger partial charge on any atom is 0.242 e. The average Bonchev–Trinajstić information content (AvgIpc) is 2.74. The molecule has 4 nitrogen and oxygen atoms in total. The molecule has 0 aliphatic heterocycles. The number of benzene rings is 2. The van der Waals surface area contributed by atoms with Gasteiger partial charge in [0.1, 0.15) is 11.9 Å². The standard InChI is InChI=1S/C23H27Cl2FN2O2S/c1-3-4-12-27-23(30)16(2)28(13-17-8-5-6-9-19(17)24)22(29)15-31-14-18-20(25)10-7-11-21(18)26/h5-11,16H,3-4,12-15H2,1-2H3,(H,27,30)/t16-/m0/s1. The van der Waals surface area contributed by atoms with Crippen LogP contribution in [-0.2, 0) is 21.9 Å². The van der Waals surface area contributed by atoms with Gasteiger partial charge in [0.15, 0.2) is 0 Å². The number of thioether (sulfide) groups is 1. The minimum atomic E-state index is -0.668. The Hall–Kier alpha value is -1.76. The molecule has 2 amide bonds. The highest BCUT2D eigenvalue weighted by Gasteiger charge is 2.26. The number of rotatable bonds is 11. The van der Waals surface area contributed by atoms with E-state index in [2.05, 4.69) is 5.32 Å². The van der Waals surface area contributed by atoms with Crippen LogP contribution in [0.1, 0.15) is 37.8 Å². The number of carbonyl (C=O) groups excluding carboxylic acids is 2. The van der Waals surface area contributed by atoms with Gasteiger partial charge < -0.3 is 10.2 Å². The molecule has 0 fully saturated rings. The zero-order valence-corrected chi connectivity index (χ0v) is 20.0. The van der Waals surface area contributed by atoms with E-state index in [1.54, 1.807) is 25.1 Å². The molecule has 0 aliphatic rings. The molecular weight excluding hydrogens is 458 g/mol. The Morgan fingerprint density at radius 3 is 2.52 bits per heavy atom. The van der Waals surface area contributed by atoms with Crippen LogP contribution >= 0.6 is 35.0 Å². The molecule has 0 radical (unpaired) electrons. The van der Waals surface area contributed by atoms with Crippen LogP contribution in [0.4, 0.5) is 4.39 Å². The number of halogens is 3. The van der Waals surface area contributed by atoms with Crippen LogP contribution in [0.3, 0.4) is 0 Å². The third kappa shape index (κ3) is 7.70. The summed E-state index contributed by atoms with van der Waals surface area (Å²) < 4.78 is 14.0. The van der Waals surface area contributed by atoms with Crippen molar-refractivity contribution in [1.29, 1.82) is 0 Å². The lowest BCUT2D eigenvalue weighted by molar-refractivity contribution is -0.138. The molecule has 2 aromatic carbocycles. The van der Waals surface area contributed by atoms with E-state index in [-0.39, 0.29) is 29.9 Å². The number of hydrogen-bond acceptors (Lipinski definition) is 3. The normalized spacial score (nSPS) is 11.8. The molecule has 0 aromatic heterocycles. The van der Waals surface area contributed by atoms with Gasteiger partial charge in [-0.15, -0.1) is 11.8 Å². The Morgan fingerprint density at radius 2 is 1.84 bits per heavy atom. The molecule has 0 aliphatic carbocycles. The fraction of sp³-hybridized carbons (Fsp3) is 0.391. The third-order valence-corrected chi connectivity index (χ3v) is 6.50. The van der Waals surface area contributed by atoms with Gasteiger partial charge in [0.05, 0.1) is 5.75 Å². The number of amides is 2. The van der Waals surface area contributed by atoms with E-state index in [0.717, 1.165) is 18.4 Å². The van der Waals surface area contributed by atoms with E-state index in [0.29, 0.717) is 22.2 Å². The molecule has 31 heavy (non-hydrogen) atoms. The topological polar surface area (TPSA) is 49.4 Å². The molecule has 0 heterocycles. The highest BCUT2D eigenvalue weighted by molar-refractivity contribution is 7.99. The van der Waals surface area contributed by atoms with Crippen LogP contribution in [-0.4, -0.2) is 35.1 Å². The summed E-state index contributed by atoms with van der Waals surface area (Å²) >= 11 is 13.6. The van der Waals surface area contributed by atoms with Gasteiger partial charge in [0.2, 0.25) is 11.8 Å². The Bertz CT molecular complexity index is 877. The van der Waals surface area contributed by atoms with Crippen molar-refractivity contribution < 1.29 is 14.0 Å². The first kappa shape index (κ1) is 25.5. The average molecular weight is 485 g/mol. The maximum atomic E-state index is 14.0. The molecule has 2 aromatic rings. The number of nitrogens with zero attached hydrogens (tertiary/aromatic N) is 1. The zero-order chi connectivity index (χ0) is 22.8. The Morgan fingerprint density at radius 1 is 1.13 bits per heavy atom. The quantitative estimate of drug-likeness (QED) is 0.416. The van der Waals surface area contributed by atoms with Crippen LogP contribution in [0, 0.1) is 5.82 Å². The van der Waals surface area contributed by atoms with Gasteiger partial charge in [0, 0.05) is 34.5 Å². The second kappa shape index (κ2) is 12.9. The summed E-state index contributed by atoms with van der Waals surface area (Å²) in [6, 6.07) is 11.1. The molecule has 0 saturated carbocycles. The Labute approximate surface area is 197 Å². The molecule has 0 saturated heterocycles. The number of nitrogens with one attached hydrogen (secondary N) is 1. The monoisotopic (exact) mass is 484 g/mol. The lowest BCUT2D eigenvalue weighted by Gasteiger charge is -2.29. The van der Waals surface area contributed by atoms with Gasteiger partial charge in [0.25, 0.3) is 0 Å². The summed E-state index contributed by atoms with van der Waals surface area (Å²) in [6.45, 7) is 4.52. The maximum absolute atomic E-state index is 14.0. The summed E-state index contributed by atoms with van der Waals surface area (Å²) in [5, 5.41) is 3.74. The second-order valence-corrected chi connectivity index (χ2v) is 8.93. The van der Waals surface area contributed by atoms with Gasteiger partial charge in [-0.3, -0.25) is 9.59 Å². The molecule has 1 N–H and O–H groups in total. The largest absolute Gasteiger partial charge is 0.354 e. The molecule has 2 rings (SSSR count). The highest BCUT2D eigenvalue weighted by atomic mass is 35.5. The predicted molar refractivity (Wildman–Crippen MR) is 127 cm³/mol. The molecule has 0 spiro atoms. The first-order valence-corrected chi connectivity index (χ1v) is 12.1. The van der Waals surface area contributed by atoms with Crippen LogP contribution < -0.4 is 5.32 Å². The van der Waals surface area contributed by atoms with E-state index < -0.39 is 11.9 Å². The summed E-state index contributed by atoms with van der Waals surface area (Å²) in [5.74, 6) is -0.494. The van der Waals surface area contributed by atoms with Crippen molar-refractivity contribution in [3.05, 3.63) is 69.5 Å². The third-order valence-electron chi connectivity index (χ3n) is 4.83. The van der Waals surface area contributed by atoms with E-state index in [9.17, 15) is 14.0 Å². The summed E-state index contributed by atoms with van der Waals surface area (Å²) in [7, 11) is 0. The second-order valence-electron chi connectivity index (χ2n) is 7.13. The number of carbonyl (C=O) groups is 2. The molecule has 8 heteroatoms. The van der Waals surface area contributed by atoms with Crippen molar-refractivity contribution >= 4 is 46.8 Å². The van der Waals surface area contributed by atoms with Crippen molar-refractivity contribution in [2.75, 3.05) is 12.3 Å². The van der Waals surface area contributed by atoms with E-state index >= 15 is 0 Å². The van der Waals surface area contributed by atoms with Crippen LogP contribution in [0.5, 0.6) is 0 Å².